The normalized spacial score (nSPS) is 12.6. The number of aliphatic hydroxyl groups excluding tert-OH is 1. The Balaban J connectivity index is 1.57. The standard InChI is InChI=1S/C36H38F2N6O8/c1-35(2,3)52-29(46)20-41-33(49)36(37,38)30(47)26(17-23-11-6-4-7-12-23)42-28(45)21-44-31(25-15-10-16-39-18-25)40-19-27(32(44)48)43-34(50)51-22-24-13-8-5-9-14-24/h4-16,18-19,26,30,47H,17,20-22H2,1-3H3,(H,41,49)(H,42,45)(H,43,50). The molecule has 3 amide bonds. The number of nitrogens with one attached hydrogen (secondary N) is 3. The lowest BCUT2D eigenvalue weighted by atomic mass is 9.96. The number of carbonyl (C=O) groups is 4. The summed E-state index contributed by atoms with van der Waals surface area (Å²) in [5.74, 6) is -8.54. The van der Waals surface area contributed by atoms with Crippen molar-refractivity contribution in [2.24, 2.45) is 0 Å². The van der Waals surface area contributed by atoms with E-state index in [0.29, 0.717) is 16.7 Å². The van der Waals surface area contributed by atoms with E-state index >= 15 is 8.78 Å². The number of aromatic nitrogens is 3. The van der Waals surface area contributed by atoms with Crippen LogP contribution in [0.15, 0.2) is 96.2 Å². The van der Waals surface area contributed by atoms with Crippen molar-refractivity contribution in [1.29, 1.82) is 0 Å². The first-order chi connectivity index (χ1) is 24.6. The van der Waals surface area contributed by atoms with E-state index in [1.54, 1.807) is 98.9 Å². The summed E-state index contributed by atoms with van der Waals surface area (Å²) in [7, 11) is 0. The topological polar surface area (TPSA) is 191 Å². The highest BCUT2D eigenvalue weighted by atomic mass is 19.3. The Morgan fingerprint density at radius 2 is 1.58 bits per heavy atom. The van der Waals surface area contributed by atoms with Crippen LogP contribution in [0.25, 0.3) is 11.4 Å². The molecule has 14 nitrogen and oxygen atoms in total. The predicted octanol–water partition coefficient (Wildman–Crippen LogP) is 3.24. The number of benzene rings is 2. The van der Waals surface area contributed by atoms with Crippen molar-refractivity contribution in [3.05, 3.63) is 113 Å². The van der Waals surface area contributed by atoms with Crippen LogP contribution in [-0.2, 0) is 43.4 Å². The summed E-state index contributed by atoms with van der Waals surface area (Å²) in [6.07, 6.45) is -0.227. The molecule has 0 spiro atoms. The molecule has 4 N–H and O–H groups in total. The smallest absolute Gasteiger partial charge is 0.412 e. The van der Waals surface area contributed by atoms with Gasteiger partial charge in [0.2, 0.25) is 5.91 Å². The minimum Gasteiger partial charge on any atom is -0.459 e. The summed E-state index contributed by atoms with van der Waals surface area (Å²) in [6.45, 7) is 2.85. The van der Waals surface area contributed by atoms with E-state index in [-0.39, 0.29) is 24.5 Å². The predicted molar refractivity (Wildman–Crippen MR) is 184 cm³/mol. The van der Waals surface area contributed by atoms with Gasteiger partial charge in [0, 0.05) is 18.0 Å². The van der Waals surface area contributed by atoms with E-state index in [1.807, 2.05) is 0 Å². The third kappa shape index (κ3) is 11.0. The van der Waals surface area contributed by atoms with Crippen molar-refractivity contribution in [2.45, 2.75) is 64.0 Å². The van der Waals surface area contributed by atoms with Crippen LogP contribution >= 0.6 is 0 Å². The molecule has 2 aromatic heterocycles. The number of nitrogens with zero attached hydrogens (tertiary/aromatic N) is 3. The van der Waals surface area contributed by atoms with Gasteiger partial charge in [-0.15, -0.1) is 0 Å². The van der Waals surface area contributed by atoms with Gasteiger partial charge in [0.05, 0.1) is 12.2 Å². The Morgan fingerprint density at radius 1 is 0.923 bits per heavy atom. The molecule has 0 saturated carbocycles. The number of pyridine rings is 1. The van der Waals surface area contributed by atoms with Gasteiger partial charge in [-0.2, -0.15) is 8.78 Å². The lowest BCUT2D eigenvalue weighted by Gasteiger charge is -2.30. The van der Waals surface area contributed by atoms with E-state index in [2.05, 4.69) is 20.6 Å². The van der Waals surface area contributed by atoms with Gasteiger partial charge >= 0.3 is 18.0 Å². The molecular weight excluding hydrogens is 682 g/mol. The van der Waals surface area contributed by atoms with Gasteiger partial charge < -0.3 is 25.2 Å². The number of amides is 3. The van der Waals surface area contributed by atoms with Gasteiger partial charge in [-0.05, 0) is 50.5 Å². The highest BCUT2D eigenvalue weighted by molar-refractivity contribution is 5.88. The summed E-state index contributed by atoms with van der Waals surface area (Å²) >= 11 is 0. The third-order valence-corrected chi connectivity index (χ3v) is 7.23. The molecule has 0 saturated heterocycles. The number of anilines is 1. The summed E-state index contributed by atoms with van der Waals surface area (Å²) in [4.78, 5) is 72.6. The van der Waals surface area contributed by atoms with Gasteiger partial charge in [-0.25, -0.2) is 9.78 Å². The average molecular weight is 721 g/mol. The van der Waals surface area contributed by atoms with Crippen molar-refractivity contribution >= 4 is 29.6 Å². The van der Waals surface area contributed by atoms with Crippen molar-refractivity contribution in [3.63, 3.8) is 0 Å². The van der Waals surface area contributed by atoms with Crippen molar-refractivity contribution in [3.8, 4) is 11.4 Å². The van der Waals surface area contributed by atoms with Crippen LogP contribution in [0.1, 0.15) is 31.9 Å². The molecule has 4 rings (SSSR count). The van der Waals surface area contributed by atoms with E-state index < -0.39 is 66.2 Å². The van der Waals surface area contributed by atoms with Gasteiger partial charge in [-0.1, -0.05) is 60.7 Å². The van der Waals surface area contributed by atoms with Crippen LogP contribution in [0.4, 0.5) is 19.3 Å². The number of hydrogen-bond donors (Lipinski definition) is 4. The largest absolute Gasteiger partial charge is 0.459 e. The van der Waals surface area contributed by atoms with E-state index in [4.69, 9.17) is 9.47 Å². The first-order valence-electron chi connectivity index (χ1n) is 16.0. The first kappa shape index (κ1) is 38.8. The molecule has 2 heterocycles. The Bertz CT molecular complexity index is 1910. The number of ether oxygens (including phenoxy) is 2. The van der Waals surface area contributed by atoms with Crippen molar-refractivity contribution < 1.29 is 42.5 Å². The maximum Gasteiger partial charge on any atom is 0.412 e. The second-order valence-electron chi connectivity index (χ2n) is 12.5. The molecule has 0 aliphatic carbocycles. The first-order valence-corrected chi connectivity index (χ1v) is 16.0. The van der Waals surface area contributed by atoms with Crippen LogP contribution in [0, 0.1) is 0 Å². The van der Waals surface area contributed by atoms with Crippen LogP contribution in [0.2, 0.25) is 0 Å². The maximum absolute atomic E-state index is 15.4. The molecule has 274 valence electrons. The number of rotatable bonds is 14. The lowest BCUT2D eigenvalue weighted by Crippen LogP contribution is -2.59. The van der Waals surface area contributed by atoms with E-state index in [0.717, 1.165) is 10.8 Å². The van der Waals surface area contributed by atoms with Crippen LogP contribution < -0.4 is 21.5 Å². The zero-order valence-corrected chi connectivity index (χ0v) is 28.5. The lowest BCUT2D eigenvalue weighted by molar-refractivity contribution is -0.170. The van der Waals surface area contributed by atoms with E-state index in [9.17, 15) is 29.1 Å². The molecule has 2 atom stereocenters. The summed E-state index contributed by atoms with van der Waals surface area (Å²) < 4.78 is 42.0. The van der Waals surface area contributed by atoms with Crippen molar-refractivity contribution in [1.82, 2.24) is 25.2 Å². The SMILES string of the molecule is CC(C)(C)OC(=O)CNC(=O)C(F)(F)C(O)C(Cc1ccccc1)NC(=O)Cn1c(-c2cccnc2)ncc(NC(=O)OCc2ccccc2)c1=O. The number of halogens is 2. The van der Waals surface area contributed by atoms with Crippen LogP contribution in [0.3, 0.4) is 0 Å². The summed E-state index contributed by atoms with van der Waals surface area (Å²) in [6, 6.07) is 18.1. The fourth-order valence-electron chi connectivity index (χ4n) is 4.86. The van der Waals surface area contributed by atoms with Crippen molar-refractivity contribution in [2.75, 3.05) is 11.9 Å². The molecule has 2 unspecified atom stereocenters. The molecule has 0 aliphatic rings. The molecule has 0 bridgehead atoms. The minimum absolute atomic E-state index is 0.0524. The van der Waals surface area contributed by atoms with Gasteiger partial charge in [0.25, 0.3) is 11.5 Å². The number of esters is 1. The number of hydrogen-bond acceptors (Lipinski definition) is 10. The maximum atomic E-state index is 15.4. The number of alkyl halides is 2. The average Bonchev–Trinajstić information content (AvgIpc) is 3.11. The summed E-state index contributed by atoms with van der Waals surface area (Å²) in [5.41, 5.74) is -0.771. The monoisotopic (exact) mass is 720 g/mol. The molecule has 4 aromatic rings. The van der Waals surface area contributed by atoms with Gasteiger partial charge in [0.15, 0.2) is 0 Å². The molecule has 0 aliphatic heterocycles. The number of carbonyl (C=O) groups excluding carboxylic acids is 4. The second kappa shape index (κ2) is 17.3. The van der Waals surface area contributed by atoms with Crippen LogP contribution in [-0.4, -0.2) is 73.7 Å². The molecule has 0 fully saturated rings. The highest BCUT2D eigenvalue weighted by Gasteiger charge is 2.50. The quantitative estimate of drug-likeness (QED) is 0.141. The molecular formula is C36H38F2N6O8. The third-order valence-electron chi connectivity index (χ3n) is 7.23. The molecule has 16 heteroatoms. The second-order valence-corrected chi connectivity index (χ2v) is 12.5. The summed E-state index contributed by atoms with van der Waals surface area (Å²) in [5, 5.41) is 17.3. The Labute approximate surface area is 297 Å². The zero-order chi connectivity index (χ0) is 37.9. The fraction of sp³-hybridized carbons (Fsp3) is 0.306. The van der Waals surface area contributed by atoms with Gasteiger partial charge in [0.1, 0.15) is 42.9 Å². The minimum atomic E-state index is -4.50. The Hall–Kier alpha value is -6.03. The molecule has 0 radical (unpaired) electrons. The Morgan fingerprint density at radius 3 is 2.19 bits per heavy atom. The fourth-order valence-corrected chi connectivity index (χ4v) is 4.86. The number of aliphatic hydroxyl groups is 1. The van der Waals surface area contributed by atoms with Gasteiger partial charge in [-0.3, -0.25) is 34.0 Å². The van der Waals surface area contributed by atoms with E-state index in [1.165, 1.54) is 12.4 Å². The zero-order valence-electron chi connectivity index (χ0n) is 28.5. The Kier molecular flexibility index (Phi) is 12.9. The molecule has 52 heavy (non-hydrogen) atoms. The highest BCUT2D eigenvalue weighted by Crippen LogP contribution is 2.24. The molecule has 2 aromatic carbocycles. The van der Waals surface area contributed by atoms with Crippen LogP contribution in [0.5, 0.6) is 0 Å².